The summed E-state index contributed by atoms with van der Waals surface area (Å²) in [5, 5.41) is -0.488. The summed E-state index contributed by atoms with van der Waals surface area (Å²) in [5.41, 5.74) is 4.56. The first-order valence-electron chi connectivity index (χ1n) is 11.2. The largest absolute Gasteiger partial charge is 0.498 e. The number of aromatic nitrogens is 2. The molecule has 0 aromatic carbocycles. The van der Waals surface area contributed by atoms with Crippen molar-refractivity contribution in [2.24, 2.45) is 11.7 Å². The smallest absolute Gasteiger partial charge is 0.329 e. The van der Waals surface area contributed by atoms with Gasteiger partial charge in [-0.15, -0.1) is 11.3 Å². The molecule has 3 N–H and O–H groups in total. The van der Waals surface area contributed by atoms with Gasteiger partial charge in [0.25, 0.3) is 12.0 Å². The average molecular weight is 482 g/mol. The van der Waals surface area contributed by atoms with Crippen LogP contribution in [0, 0.1) is 5.92 Å². The Kier molecular flexibility index (Phi) is 5.55. The number of nitrogens with one attached hydrogen (secondary N) is 1. The highest BCUT2D eigenvalue weighted by atomic mass is 32.1. The zero-order valence-corrected chi connectivity index (χ0v) is 19.2. The van der Waals surface area contributed by atoms with Crippen molar-refractivity contribution in [1.29, 1.82) is 0 Å². The third kappa shape index (κ3) is 3.58. The summed E-state index contributed by atoms with van der Waals surface area (Å²) in [5.74, 6) is -0.790. The van der Waals surface area contributed by atoms with Gasteiger partial charge in [-0.2, -0.15) is 0 Å². The van der Waals surface area contributed by atoms with E-state index in [2.05, 4.69) is 4.98 Å². The highest BCUT2D eigenvalue weighted by molar-refractivity contribution is 7.12. The Hall–Kier alpha value is -2.33. The maximum Gasteiger partial charge on any atom is 0.329 e. The number of hydrogen-bond acceptors (Lipinski definition) is 5. The first kappa shape index (κ1) is 22.5. The maximum absolute atomic E-state index is 15.9. The van der Waals surface area contributed by atoms with Crippen molar-refractivity contribution in [3.8, 4) is 0 Å². The quantitative estimate of drug-likeness (QED) is 0.680. The Balaban J connectivity index is 1.78. The molecular weight excluding hydrogens is 455 g/mol. The second-order valence-electron chi connectivity index (χ2n) is 9.25. The topological polar surface area (TPSA) is 90.1 Å². The lowest BCUT2D eigenvalue weighted by Crippen LogP contribution is -2.59. The number of rotatable bonds is 5. The third-order valence-corrected chi connectivity index (χ3v) is 8.42. The summed E-state index contributed by atoms with van der Waals surface area (Å²) in [6.07, 6.45) is -1.52. The fraction of sp³-hybridized carbons (Fsp3) is 0.565. The van der Waals surface area contributed by atoms with E-state index in [0.717, 1.165) is 29.7 Å². The zero-order chi connectivity index (χ0) is 23.6. The Bertz CT molecular complexity index is 1340. The molecule has 0 saturated heterocycles. The van der Waals surface area contributed by atoms with E-state index in [4.69, 9.17) is 10.5 Å². The van der Waals surface area contributed by atoms with Crippen molar-refractivity contribution in [2.45, 2.75) is 69.6 Å². The molecule has 0 radical (unpaired) electrons. The number of thiophene rings is 1. The molecule has 4 unspecified atom stereocenters. The Morgan fingerprint density at radius 1 is 1.27 bits per heavy atom. The molecule has 2 heterocycles. The Labute approximate surface area is 191 Å². The predicted octanol–water partition coefficient (Wildman–Crippen LogP) is 1.69. The Morgan fingerprint density at radius 2 is 2.00 bits per heavy atom. The predicted molar refractivity (Wildman–Crippen MR) is 120 cm³/mol. The number of ether oxygens (including phenoxy) is 1. The van der Waals surface area contributed by atoms with Gasteiger partial charge in [0, 0.05) is 27.4 Å². The van der Waals surface area contributed by atoms with Gasteiger partial charge in [0.05, 0.1) is 23.6 Å². The summed E-state index contributed by atoms with van der Waals surface area (Å²) >= 11 is 1.39. The molecule has 1 saturated carbocycles. The number of nitrogens with two attached hydrogens (primary N) is 1. The standard InChI is InChI=1S/C23H26F3N3O3S/c1-9(27)10-3-6-13-11(7-10)8-14(33-13)15-18(24)16(21(25)26)17-19(20(15)32-2)29(12-4-5-12)23(31)28-22(17)30/h8-10,12,15,18,21H,3-7,27H2,1-2H3,(H,28,30,31). The summed E-state index contributed by atoms with van der Waals surface area (Å²) < 4.78 is 51.2. The number of halogens is 3. The molecule has 10 heteroatoms. The van der Waals surface area contributed by atoms with Crippen LogP contribution in [0.15, 0.2) is 15.7 Å². The number of hydrogen-bond donors (Lipinski definition) is 2. The third-order valence-electron chi connectivity index (χ3n) is 7.10. The van der Waals surface area contributed by atoms with Crippen molar-refractivity contribution in [3.63, 3.8) is 0 Å². The highest BCUT2D eigenvalue weighted by Crippen LogP contribution is 2.44. The number of H-pyrrole nitrogens is 1. The normalized spacial score (nSPS) is 25.7. The van der Waals surface area contributed by atoms with E-state index in [-0.39, 0.29) is 23.2 Å². The average Bonchev–Trinajstić information content (AvgIpc) is 3.50. The molecule has 4 atom stereocenters. The molecule has 33 heavy (non-hydrogen) atoms. The number of methoxy groups -OCH3 is 1. The number of nitrogens with zero attached hydrogens (tertiary/aromatic N) is 1. The molecular formula is C23H26F3N3O3S. The van der Waals surface area contributed by atoms with E-state index in [9.17, 15) is 18.4 Å². The SMILES string of the molecule is COC1=c2c(c(=O)[nH]c(=O)n2C2CC2)=C(C(F)F)C(F)C1c1cc2c(s1)CCC(C(C)N)C2. The summed E-state index contributed by atoms with van der Waals surface area (Å²) in [7, 11) is 1.33. The molecule has 0 bridgehead atoms. The zero-order valence-electron chi connectivity index (χ0n) is 18.4. The van der Waals surface area contributed by atoms with Crippen molar-refractivity contribution in [3.05, 3.63) is 52.8 Å². The molecule has 2 aromatic heterocycles. The van der Waals surface area contributed by atoms with Gasteiger partial charge in [-0.1, -0.05) is 0 Å². The van der Waals surface area contributed by atoms with E-state index in [1.807, 2.05) is 13.0 Å². The fourth-order valence-corrected chi connectivity index (χ4v) is 6.57. The molecule has 0 spiro atoms. The van der Waals surface area contributed by atoms with Crippen LogP contribution < -0.4 is 27.6 Å². The van der Waals surface area contributed by atoms with Crippen LogP contribution in [0.2, 0.25) is 0 Å². The van der Waals surface area contributed by atoms with Crippen LogP contribution in [-0.4, -0.2) is 35.3 Å². The van der Waals surface area contributed by atoms with Crippen LogP contribution in [0.3, 0.4) is 0 Å². The minimum Gasteiger partial charge on any atom is -0.498 e. The monoisotopic (exact) mass is 481 g/mol. The maximum atomic E-state index is 15.9. The van der Waals surface area contributed by atoms with E-state index in [0.29, 0.717) is 23.6 Å². The number of fused-ring (bicyclic) bond motifs is 2. The fourth-order valence-electron chi connectivity index (χ4n) is 5.24. The lowest BCUT2D eigenvalue weighted by Gasteiger charge is -2.28. The van der Waals surface area contributed by atoms with Gasteiger partial charge in [0.2, 0.25) is 0 Å². The number of aromatic amines is 1. The molecule has 3 aliphatic carbocycles. The van der Waals surface area contributed by atoms with Crippen LogP contribution in [0.1, 0.15) is 53.5 Å². The van der Waals surface area contributed by atoms with Crippen LogP contribution >= 0.6 is 11.3 Å². The van der Waals surface area contributed by atoms with Crippen LogP contribution in [0.5, 0.6) is 0 Å². The second kappa shape index (κ2) is 8.16. The van der Waals surface area contributed by atoms with Gasteiger partial charge < -0.3 is 10.5 Å². The van der Waals surface area contributed by atoms with Gasteiger partial charge in [0.1, 0.15) is 11.9 Å². The molecule has 0 aliphatic heterocycles. The molecule has 5 rings (SSSR count). The van der Waals surface area contributed by atoms with Gasteiger partial charge in [-0.3, -0.25) is 14.3 Å². The second-order valence-corrected chi connectivity index (χ2v) is 10.4. The van der Waals surface area contributed by atoms with Gasteiger partial charge in [0.15, 0.2) is 0 Å². The van der Waals surface area contributed by atoms with Crippen molar-refractivity contribution in [2.75, 3.05) is 7.11 Å². The number of alkyl halides is 3. The lowest BCUT2D eigenvalue weighted by molar-refractivity contribution is 0.186. The summed E-state index contributed by atoms with van der Waals surface area (Å²) in [4.78, 5) is 29.1. The van der Waals surface area contributed by atoms with E-state index in [1.54, 1.807) is 0 Å². The van der Waals surface area contributed by atoms with Crippen molar-refractivity contribution < 1.29 is 17.9 Å². The van der Waals surface area contributed by atoms with Crippen molar-refractivity contribution in [1.82, 2.24) is 9.55 Å². The molecule has 178 valence electrons. The molecule has 3 aliphatic rings. The van der Waals surface area contributed by atoms with Gasteiger partial charge >= 0.3 is 5.69 Å². The molecule has 2 aromatic rings. The first-order chi connectivity index (χ1) is 15.7. The first-order valence-corrected chi connectivity index (χ1v) is 12.0. The summed E-state index contributed by atoms with van der Waals surface area (Å²) in [6.45, 7) is 1.97. The van der Waals surface area contributed by atoms with Gasteiger partial charge in [-0.25, -0.2) is 18.0 Å². The highest BCUT2D eigenvalue weighted by Gasteiger charge is 2.43. The summed E-state index contributed by atoms with van der Waals surface area (Å²) in [6, 6.07) is 1.66. The molecule has 1 fully saturated rings. The molecule has 6 nitrogen and oxygen atoms in total. The lowest BCUT2D eigenvalue weighted by atomic mass is 9.83. The van der Waals surface area contributed by atoms with E-state index >= 15 is 4.39 Å². The number of aryl methyl sites for hydroxylation is 1. The van der Waals surface area contributed by atoms with Crippen LogP contribution in [-0.2, 0) is 17.6 Å². The van der Waals surface area contributed by atoms with Crippen LogP contribution in [0.25, 0.3) is 11.3 Å². The molecule has 0 amide bonds. The van der Waals surface area contributed by atoms with E-state index < -0.39 is 40.6 Å². The van der Waals surface area contributed by atoms with Gasteiger partial charge in [-0.05, 0) is 56.6 Å². The minimum atomic E-state index is -3.19. The van der Waals surface area contributed by atoms with Crippen LogP contribution in [0.4, 0.5) is 13.2 Å². The minimum absolute atomic E-state index is 0.0113. The van der Waals surface area contributed by atoms with E-state index in [1.165, 1.54) is 23.0 Å². The Morgan fingerprint density at radius 3 is 2.61 bits per heavy atom. The van der Waals surface area contributed by atoms with Crippen molar-refractivity contribution >= 4 is 22.7 Å².